The largest absolute Gasteiger partial charge is 1.00 e. The predicted molar refractivity (Wildman–Crippen MR) is 105 cm³/mol. The van der Waals surface area contributed by atoms with Crippen LogP contribution in [0, 0.1) is 17.8 Å². The van der Waals surface area contributed by atoms with Gasteiger partial charge in [-0.25, -0.2) is 0 Å². The molecule has 4 saturated carbocycles. The van der Waals surface area contributed by atoms with Crippen LogP contribution in [0.1, 0.15) is 78.1 Å². The van der Waals surface area contributed by atoms with Gasteiger partial charge >= 0.3 is 0 Å². The quantitative estimate of drug-likeness (QED) is 0.420. The molecule has 0 spiro atoms. The topological polar surface area (TPSA) is 7.12 Å². The highest BCUT2D eigenvalue weighted by Crippen LogP contribution is 2.56. The molecular formula is C23H37IN2. The lowest BCUT2D eigenvalue weighted by Gasteiger charge is -2.53. The van der Waals surface area contributed by atoms with E-state index in [-0.39, 0.29) is 24.0 Å². The molecule has 26 heavy (non-hydrogen) atoms. The van der Waals surface area contributed by atoms with Gasteiger partial charge in [-0.1, -0.05) is 26.7 Å². The molecule has 4 aliphatic rings. The van der Waals surface area contributed by atoms with Gasteiger partial charge in [0.2, 0.25) is 0 Å². The van der Waals surface area contributed by atoms with Crippen molar-refractivity contribution in [2.24, 2.45) is 17.8 Å². The molecule has 4 fully saturated rings. The van der Waals surface area contributed by atoms with E-state index in [1.165, 1.54) is 83.0 Å². The van der Waals surface area contributed by atoms with E-state index in [9.17, 15) is 0 Å². The average molecular weight is 468 g/mol. The van der Waals surface area contributed by atoms with Gasteiger partial charge in [0.1, 0.15) is 0 Å². The van der Waals surface area contributed by atoms with E-state index in [0.717, 1.165) is 17.8 Å². The number of hydrogen-bond donors (Lipinski definition) is 0. The first kappa shape index (κ1) is 20.4. The van der Waals surface area contributed by atoms with Crippen LogP contribution in [0.5, 0.6) is 0 Å². The third kappa shape index (κ3) is 4.07. The standard InChI is InChI=1S/C23H37N2.HI/c1-3-5-9-24(10-6-4-2)22-7-11-25(12-8-22)23-16-19-13-20(17-23)15-21(14-19)18-23;/h7-8,11-12,19-21H,3-6,9-10,13-18H2,1-2H3;1H/q+1;/p-1. The summed E-state index contributed by atoms with van der Waals surface area (Å²) < 4.78 is 2.62. The Kier molecular flexibility index (Phi) is 6.90. The van der Waals surface area contributed by atoms with Gasteiger partial charge in [-0.05, 0) is 49.9 Å². The molecule has 0 atom stereocenters. The maximum Gasteiger partial charge on any atom is 0.171 e. The van der Waals surface area contributed by atoms with Crippen LogP contribution in [-0.4, -0.2) is 13.1 Å². The molecular weight excluding hydrogens is 431 g/mol. The minimum Gasteiger partial charge on any atom is -1.00 e. The minimum absolute atomic E-state index is 0. The molecule has 1 aromatic rings. The summed E-state index contributed by atoms with van der Waals surface area (Å²) in [5, 5.41) is 0. The zero-order chi connectivity index (χ0) is 17.3. The lowest BCUT2D eigenvalue weighted by Crippen LogP contribution is -3.00. The molecule has 1 aromatic heterocycles. The fraction of sp³-hybridized carbons (Fsp3) is 0.783. The first-order valence-corrected chi connectivity index (χ1v) is 11.0. The van der Waals surface area contributed by atoms with Crippen LogP contribution in [0.15, 0.2) is 24.5 Å². The summed E-state index contributed by atoms with van der Waals surface area (Å²) in [6, 6.07) is 4.81. The summed E-state index contributed by atoms with van der Waals surface area (Å²) in [5.74, 6) is 3.05. The van der Waals surface area contributed by atoms with Crippen LogP contribution in [0.4, 0.5) is 5.69 Å². The van der Waals surface area contributed by atoms with E-state index in [4.69, 9.17) is 0 Å². The second-order valence-corrected chi connectivity index (χ2v) is 9.30. The number of rotatable bonds is 8. The molecule has 0 aromatic carbocycles. The van der Waals surface area contributed by atoms with Crippen LogP contribution in [0.3, 0.4) is 0 Å². The molecule has 2 nitrogen and oxygen atoms in total. The molecule has 0 saturated heterocycles. The van der Waals surface area contributed by atoms with Crippen molar-refractivity contribution in [3.8, 4) is 0 Å². The average Bonchev–Trinajstić information content (AvgIpc) is 2.61. The summed E-state index contributed by atoms with van der Waals surface area (Å²) >= 11 is 0. The van der Waals surface area contributed by atoms with E-state index in [0.29, 0.717) is 5.54 Å². The van der Waals surface area contributed by atoms with Crippen molar-refractivity contribution in [2.75, 3.05) is 18.0 Å². The van der Waals surface area contributed by atoms with Crippen molar-refractivity contribution in [1.29, 1.82) is 0 Å². The molecule has 1 heterocycles. The Balaban J connectivity index is 0.00000196. The van der Waals surface area contributed by atoms with Gasteiger partial charge < -0.3 is 28.9 Å². The van der Waals surface area contributed by atoms with Crippen molar-refractivity contribution < 1.29 is 28.5 Å². The Morgan fingerprint density at radius 3 is 1.77 bits per heavy atom. The van der Waals surface area contributed by atoms with Gasteiger partial charge in [0.05, 0.1) is 0 Å². The molecule has 0 N–H and O–H groups in total. The number of aromatic nitrogens is 1. The Labute approximate surface area is 177 Å². The summed E-state index contributed by atoms with van der Waals surface area (Å²) in [5.41, 5.74) is 1.90. The molecule has 0 amide bonds. The Morgan fingerprint density at radius 2 is 1.35 bits per heavy atom. The monoisotopic (exact) mass is 468 g/mol. The first-order valence-electron chi connectivity index (χ1n) is 11.0. The van der Waals surface area contributed by atoms with Crippen LogP contribution >= 0.6 is 0 Å². The number of nitrogens with zero attached hydrogens (tertiary/aromatic N) is 2. The van der Waals surface area contributed by atoms with Gasteiger partial charge in [-0.2, -0.15) is 4.57 Å². The van der Waals surface area contributed by atoms with Crippen molar-refractivity contribution in [3.63, 3.8) is 0 Å². The van der Waals surface area contributed by atoms with Crippen molar-refractivity contribution in [3.05, 3.63) is 24.5 Å². The molecule has 4 bridgehead atoms. The highest BCUT2D eigenvalue weighted by molar-refractivity contribution is 5.43. The zero-order valence-electron chi connectivity index (χ0n) is 16.8. The van der Waals surface area contributed by atoms with Gasteiger partial charge in [-0.3, -0.25) is 0 Å². The lowest BCUT2D eigenvalue weighted by molar-refractivity contribution is -0.776. The van der Waals surface area contributed by atoms with Crippen LogP contribution < -0.4 is 33.4 Å². The van der Waals surface area contributed by atoms with Crippen LogP contribution in [0.2, 0.25) is 0 Å². The number of anilines is 1. The van der Waals surface area contributed by atoms with E-state index in [1.54, 1.807) is 0 Å². The fourth-order valence-electron chi connectivity index (χ4n) is 6.39. The van der Waals surface area contributed by atoms with Gasteiger partial charge in [0, 0.05) is 50.2 Å². The molecule has 0 unspecified atom stereocenters. The van der Waals surface area contributed by atoms with E-state index >= 15 is 0 Å². The van der Waals surface area contributed by atoms with Crippen molar-refractivity contribution in [1.82, 2.24) is 0 Å². The fourth-order valence-corrected chi connectivity index (χ4v) is 6.39. The van der Waals surface area contributed by atoms with Gasteiger partial charge in [0.25, 0.3) is 0 Å². The molecule has 3 heteroatoms. The van der Waals surface area contributed by atoms with Crippen molar-refractivity contribution in [2.45, 2.75) is 83.6 Å². The third-order valence-electron chi connectivity index (χ3n) is 7.29. The second-order valence-electron chi connectivity index (χ2n) is 9.30. The molecule has 0 aliphatic heterocycles. The third-order valence-corrected chi connectivity index (χ3v) is 7.29. The smallest absolute Gasteiger partial charge is 0.171 e. The summed E-state index contributed by atoms with van der Waals surface area (Å²) in [4.78, 5) is 2.61. The normalized spacial score (nSPS) is 31.7. The zero-order valence-corrected chi connectivity index (χ0v) is 19.0. The summed E-state index contributed by atoms with van der Waals surface area (Å²) in [7, 11) is 0. The predicted octanol–water partition coefficient (Wildman–Crippen LogP) is 2.31. The number of pyridine rings is 1. The van der Waals surface area contributed by atoms with E-state index < -0.39 is 0 Å². The maximum absolute atomic E-state index is 2.62. The van der Waals surface area contributed by atoms with E-state index in [2.05, 4.69) is 47.8 Å². The summed E-state index contributed by atoms with van der Waals surface area (Å²) in [6.45, 7) is 7.00. The number of halogens is 1. The van der Waals surface area contributed by atoms with Crippen LogP contribution in [0.25, 0.3) is 0 Å². The van der Waals surface area contributed by atoms with Crippen LogP contribution in [-0.2, 0) is 5.54 Å². The first-order chi connectivity index (χ1) is 12.2. The Morgan fingerprint density at radius 1 is 0.885 bits per heavy atom. The highest BCUT2D eigenvalue weighted by atomic mass is 127. The summed E-state index contributed by atoms with van der Waals surface area (Å²) in [6.07, 6.45) is 18.9. The SMILES string of the molecule is CCCCN(CCCC)c1cc[n+](C23CC4CC(CC(C4)C2)C3)cc1.[I-]. The van der Waals surface area contributed by atoms with Gasteiger partial charge in [-0.15, -0.1) is 0 Å². The van der Waals surface area contributed by atoms with E-state index in [1.807, 2.05) is 0 Å². The molecule has 146 valence electrons. The number of hydrogen-bond acceptors (Lipinski definition) is 1. The number of unbranched alkanes of at least 4 members (excludes halogenated alkanes) is 2. The highest BCUT2D eigenvalue weighted by Gasteiger charge is 2.56. The molecule has 5 rings (SSSR count). The van der Waals surface area contributed by atoms with Crippen molar-refractivity contribution >= 4 is 5.69 Å². The maximum atomic E-state index is 2.62. The Bertz CT molecular complexity index is 525. The minimum atomic E-state index is 0. The molecule has 0 radical (unpaired) electrons. The Hall–Kier alpha value is -0.320. The lowest BCUT2D eigenvalue weighted by atomic mass is 9.53. The molecule has 4 aliphatic carbocycles. The van der Waals surface area contributed by atoms with Gasteiger partial charge in [0.15, 0.2) is 17.9 Å². The second kappa shape index (κ2) is 8.79.